The molecule has 10 nitrogen and oxygen atoms in total. The molecule has 0 fully saturated rings. The van der Waals surface area contributed by atoms with E-state index in [2.05, 4.69) is 4.98 Å². The molecule has 4 rings (SSSR count). The Balaban J connectivity index is 2.08. The molecule has 1 unspecified atom stereocenters. The van der Waals surface area contributed by atoms with Gasteiger partial charge in [-0.05, 0) is 26.8 Å². The number of carbonyl (C=O) groups excluding carboxylic acids is 3. The minimum absolute atomic E-state index is 0.00514. The van der Waals surface area contributed by atoms with Crippen LogP contribution in [0.15, 0.2) is 46.6 Å². The smallest absolute Gasteiger partial charge is 0.341 e. The number of nitrogens with one attached hydrogen (secondary N) is 1. The molecule has 2 aliphatic rings. The zero-order chi connectivity index (χ0) is 23.9. The number of hydrogen-bond acceptors (Lipinski definition) is 8. The molecule has 3 N–H and O–H groups in total. The number of rotatable bonds is 5. The number of aromatic amines is 1. The Morgan fingerprint density at radius 3 is 2.55 bits per heavy atom. The highest BCUT2D eigenvalue weighted by Crippen LogP contribution is 2.54. The minimum atomic E-state index is -1.96. The van der Waals surface area contributed by atoms with Crippen LogP contribution in [-0.2, 0) is 29.3 Å². The average Bonchev–Trinajstić information content (AvgIpc) is 2.97. The van der Waals surface area contributed by atoms with Crippen LogP contribution in [-0.4, -0.2) is 42.6 Å². The van der Waals surface area contributed by atoms with Crippen molar-refractivity contribution >= 4 is 23.5 Å². The van der Waals surface area contributed by atoms with E-state index in [1.165, 1.54) is 11.0 Å². The minimum Gasteiger partial charge on any atom is -0.465 e. The highest BCUT2D eigenvalue weighted by atomic mass is 16.5. The number of nitrogens with zero attached hydrogens (tertiary/aromatic N) is 1. The number of benzene rings is 1. The van der Waals surface area contributed by atoms with Gasteiger partial charge in [-0.25, -0.2) is 4.79 Å². The lowest BCUT2D eigenvalue weighted by Gasteiger charge is -2.35. The molecule has 0 saturated heterocycles. The van der Waals surface area contributed by atoms with E-state index in [-0.39, 0.29) is 36.0 Å². The van der Waals surface area contributed by atoms with E-state index < -0.39 is 35.4 Å². The van der Waals surface area contributed by atoms with E-state index in [1.54, 1.807) is 45.0 Å². The van der Waals surface area contributed by atoms with Gasteiger partial charge in [-0.15, -0.1) is 0 Å². The zero-order valence-corrected chi connectivity index (χ0v) is 18.4. The molecule has 0 bridgehead atoms. The first-order valence-electron chi connectivity index (χ1n) is 10.4. The molecule has 0 aliphatic carbocycles. The van der Waals surface area contributed by atoms with E-state index in [0.29, 0.717) is 16.9 Å². The maximum atomic E-state index is 14.2. The van der Waals surface area contributed by atoms with Gasteiger partial charge >= 0.3 is 11.9 Å². The summed E-state index contributed by atoms with van der Waals surface area (Å²) in [5.74, 6) is -2.56. The third kappa shape index (κ3) is 3.17. The Morgan fingerprint density at radius 1 is 1.15 bits per heavy atom. The van der Waals surface area contributed by atoms with Gasteiger partial charge in [-0.3, -0.25) is 19.3 Å². The monoisotopic (exact) mass is 453 g/mol. The quantitative estimate of drug-likeness (QED) is 0.639. The molecule has 10 heteroatoms. The van der Waals surface area contributed by atoms with Crippen LogP contribution >= 0.6 is 0 Å². The number of para-hydroxylation sites is 1. The molecule has 2 aromatic rings. The predicted octanol–water partition coefficient (Wildman–Crippen LogP) is 1.00. The number of amides is 1. The van der Waals surface area contributed by atoms with Crippen LogP contribution in [0.5, 0.6) is 5.75 Å². The summed E-state index contributed by atoms with van der Waals surface area (Å²) in [6.45, 7) is 4.62. The van der Waals surface area contributed by atoms with E-state index in [1.807, 2.05) is 0 Å². The summed E-state index contributed by atoms with van der Waals surface area (Å²) in [5.41, 5.74) is 4.30. The summed E-state index contributed by atoms with van der Waals surface area (Å²) in [4.78, 5) is 56.7. The van der Waals surface area contributed by atoms with E-state index in [0.717, 1.165) is 0 Å². The van der Waals surface area contributed by atoms with E-state index in [4.69, 9.17) is 19.9 Å². The number of aromatic nitrogens is 1. The lowest BCUT2D eigenvalue weighted by atomic mass is 9.68. The second-order valence-corrected chi connectivity index (χ2v) is 7.55. The van der Waals surface area contributed by atoms with Gasteiger partial charge in [-0.1, -0.05) is 18.2 Å². The number of nitrogens with two attached hydrogens (primary N) is 1. The number of ether oxygens (including phenoxy) is 3. The molecular weight excluding hydrogens is 430 g/mol. The van der Waals surface area contributed by atoms with Crippen LogP contribution in [0.25, 0.3) is 0 Å². The van der Waals surface area contributed by atoms with Gasteiger partial charge in [0, 0.05) is 23.0 Å². The summed E-state index contributed by atoms with van der Waals surface area (Å²) in [6.07, 6.45) is 0. The van der Waals surface area contributed by atoms with Crippen molar-refractivity contribution in [2.75, 3.05) is 24.7 Å². The van der Waals surface area contributed by atoms with Crippen molar-refractivity contribution < 1.29 is 28.6 Å². The average molecular weight is 453 g/mol. The SMILES string of the molecule is CCOC(=O)CN1C(=O)C2(C(C(=O)OCC)=C(N)Oc3cc(C)[nH]c(=O)c32)c2ccccc21. The van der Waals surface area contributed by atoms with Crippen molar-refractivity contribution in [3.05, 3.63) is 69.0 Å². The van der Waals surface area contributed by atoms with Crippen LogP contribution in [0.4, 0.5) is 5.69 Å². The highest BCUT2D eigenvalue weighted by molar-refractivity contribution is 6.19. The molecule has 172 valence electrons. The Bertz CT molecular complexity index is 1260. The van der Waals surface area contributed by atoms with Crippen molar-refractivity contribution in [1.29, 1.82) is 0 Å². The van der Waals surface area contributed by atoms with Gasteiger partial charge in [0.25, 0.3) is 5.56 Å². The Kier molecular flexibility index (Phi) is 5.44. The number of carbonyl (C=O) groups is 3. The molecular formula is C23H23N3O7. The number of hydrogen-bond donors (Lipinski definition) is 2. The first-order valence-corrected chi connectivity index (χ1v) is 10.4. The maximum absolute atomic E-state index is 14.2. The summed E-state index contributed by atoms with van der Waals surface area (Å²) in [5, 5.41) is 0. The highest BCUT2D eigenvalue weighted by Gasteiger charge is 2.62. The predicted molar refractivity (Wildman–Crippen MR) is 116 cm³/mol. The van der Waals surface area contributed by atoms with Crippen molar-refractivity contribution in [2.45, 2.75) is 26.2 Å². The Labute approximate surface area is 188 Å². The topological polar surface area (TPSA) is 141 Å². The van der Waals surface area contributed by atoms with Gasteiger partial charge in [-0.2, -0.15) is 0 Å². The Morgan fingerprint density at radius 2 is 1.85 bits per heavy atom. The fourth-order valence-electron chi connectivity index (χ4n) is 4.46. The molecule has 1 aromatic carbocycles. The number of H-pyrrole nitrogens is 1. The Hall–Kier alpha value is -4.08. The van der Waals surface area contributed by atoms with Crippen molar-refractivity contribution in [1.82, 2.24) is 4.98 Å². The van der Waals surface area contributed by atoms with Gasteiger partial charge in [0.2, 0.25) is 11.8 Å². The molecule has 0 radical (unpaired) electrons. The number of pyridine rings is 1. The van der Waals surface area contributed by atoms with E-state index >= 15 is 0 Å². The third-order valence-electron chi connectivity index (χ3n) is 5.58. The first kappa shape index (κ1) is 22.1. The summed E-state index contributed by atoms with van der Waals surface area (Å²) in [6, 6.07) is 8.10. The third-order valence-corrected chi connectivity index (χ3v) is 5.58. The van der Waals surface area contributed by atoms with Gasteiger partial charge < -0.3 is 24.9 Å². The summed E-state index contributed by atoms with van der Waals surface area (Å²) in [7, 11) is 0. The molecule has 3 heterocycles. The number of aryl methyl sites for hydroxylation is 1. The van der Waals surface area contributed by atoms with Crippen molar-refractivity contribution in [2.24, 2.45) is 5.73 Å². The number of fused-ring (bicyclic) bond motifs is 4. The largest absolute Gasteiger partial charge is 0.465 e. The molecule has 33 heavy (non-hydrogen) atoms. The van der Waals surface area contributed by atoms with Crippen LogP contribution < -0.4 is 20.9 Å². The molecule has 1 atom stereocenters. The van der Waals surface area contributed by atoms with Crippen LogP contribution in [0, 0.1) is 6.92 Å². The fraction of sp³-hybridized carbons (Fsp3) is 0.304. The van der Waals surface area contributed by atoms with Crippen LogP contribution in [0.1, 0.15) is 30.7 Å². The number of esters is 2. The van der Waals surface area contributed by atoms with E-state index in [9.17, 15) is 19.2 Å². The maximum Gasteiger partial charge on any atom is 0.341 e. The summed E-state index contributed by atoms with van der Waals surface area (Å²) >= 11 is 0. The molecule has 0 saturated carbocycles. The lowest BCUT2D eigenvalue weighted by Crippen LogP contribution is -2.52. The molecule has 1 spiro atoms. The number of anilines is 1. The van der Waals surface area contributed by atoms with Crippen LogP contribution in [0.2, 0.25) is 0 Å². The first-order chi connectivity index (χ1) is 15.8. The second-order valence-electron chi connectivity index (χ2n) is 7.55. The second kappa shape index (κ2) is 8.12. The molecule has 1 amide bonds. The van der Waals surface area contributed by atoms with Crippen LogP contribution in [0.3, 0.4) is 0 Å². The normalized spacial score (nSPS) is 18.6. The van der Waals surface area contributed by atoms with Gasteiger partial charge in [0.1, 0.15) is 23.3 Å². The lowest BCUT2D eigenvalue weighted by molar-refractivity contribution is -0.142. The molecule has 1 aromatic heterocycles. The standard InChI is InChI=1S/C23H23N3O7/c1-4-31-16(27)11-26-14-9-7-6-8-13(14)23(22(26)30)17-15(10-12(3)25-20(17)28)33-19(24)18(23)21(29)32-5-2/h6-10H,4-5,11,24H2,1-3H3,(H,25,28). The van der Waals surface area contributed by atoms with Gasteiger partial charge in [0.15, 0.2) is 0 Å². The van der Waals surface area contributed by atoms with Crippen molar-refractivity contribution in [3.8, 4) is 5.75 Å². The van der Waals surface area contributed by atoms with Gasteiger partial charge in [0.05, 0.1) is 18.8 Å². The summed E-state index contributed by atoms with van der Waals surface area (Å²) < 4.78 is 15.9. The van der Waals surface area contributed by atoms with Crippen molar-refractivity contribution in [3.63, 3.8) is 0 Å². The zero-order valence-electron chi connectivity index (χ0n) is 18.4. The molecule has 2 aliphatic heterocycles. The fourth-order valence-corrected chi connectivity index (χ4v) is 4.46.